The van der Waals surface area contributed by atoms with Crippen LogP contribution in [0, 0.1) is 0 Å². The van der Waals surface area contributed by atoms with Crippen molar-refractivity contribution in [3.05, 3.63) is 96.1 Å². The van der Waals surface area contributed by atoms with Crippen molar-refractivity contribution in [3.63, 3.8) is 0 Å². The average molecular weight is 451 g/mol. The molecule has 0 heterocycles. The second-order valence-electron chi connectivity index (χ2n) is 7.93. The van der Waals surface area contributed by atoms with Gasteiger partial charge in [-0.2, -0.15) is 10.2 Å². The maximum absolute atomic E-state index is 12.0. The van der Waals surface area contributed by atoms with Crippen molar-refractivity contribution in [2.24, 2.45) is 10.2 Å². The number of nitrogens with one attached hydrogen (secondary N) is 2. The summed E-state index contributed by atoms with van der Waals surface area (Å²) >= 11 is 0. The van der Waals surface area contributed by atoms with Crippen LogP contribution in [0.5, 0.6) is 0 Å². The molecule has 0 saturated carbocycles. The van der Waals surface area contributed by atoms with Crippen molar-refractivity contribution in [2.45, 2.75) is 25.7 Å². The number of fused-ring (bicyclic) bond motifs is 2. The molecule has 0 spiro atoms. The summed E-state index contributed by atoms with van der Waals surface area (Å²) in [6, 6.07) is 28.0. The van der Waals surface area contributed by atoms with Crippen LogP contribution in [0.15, 0.2) is 95.1 Å². The van der Waals surface area contributed by atoms with Gasteiger partial charge in [-0.15, -0.1) is 0 Å². The number of amides is 2. The largest absolute Gasteiger partial charge is 0.273 e. The number of hydrogen-bond acceptors (Lipinski definition) is 4. The third kappa shape index (κ3) is 6.13. The van der Waals surface area contributed by atoms with E-state index in [1.165, 1.54) is 0 Å². The maximum Gasteiger partial charge on any atom is 0.240 e. The van der Waals surface area contributed by atoms with E-state index in [9.17, 15) is 9.59 Å². The Morgan fingerprint density at radius 2 is 1.00 bits per heavy atom. The van der Waals surface area contributed by atoms with E-state index in [0.717, 1.165) is 32.7 Å². The molecule has 0 atom stereocenters. The van der Waals surface area contributed by atoms with Crippen LogP contribution >= 0.6 is 0 Å². The minimum absolute atomic E-state index is 0.175. The smallest absolute Gasteiger partial charge is 0.240 e. The molecule has 0 aliphatic rings. The van der Waals surface area contributed by atoms with Crippen LogP contribution in [0.2, 0.25) is 0 Å². The maximum atomic E-state index is 12.0. The topological polar surface area (TPSA) is 82.9 Å². The minimum Gasteiger partial charge on any atom is -0.273 e. The first-order valence-corrected chi connectivity index (χ1v) is 11.3. The van der Waals surface area contributed by atoms with Crippen LogP contribution in [0.25, 0.3) is 21.5 Å². The molecule has 2 amide bonds. The quantitative estimate of drug-likeness (QED) is 0.210. The van der Waals surface area contributed by atoms with Gasteiger partial charge in [0.25, 0.3) is 0 Å². The van der Waals surface area contributed by atoms with Gasteiger partial charge in [-0.05, 0) is 34.4 Å². The zero-order valence-corrected chi connectivity index (χ0v) is 18.8. The van der Waals surface area contributed by atoms with E-state index in [1.807, 2.05) is 84.9 Å². The van der Waals surface area contributed by atoms with E-state index in [0.29, 0.717) is 25.7 Å². The van der Waals surface area contributed by atoms with Crippen molar-refractivity contribution in [1.29, 1.82) is 0 Å². The highest BCUT2D eigenvalue weighted by molar-refractivity contribution is 6.00. The Labute approximate surface area is 198 Å². The van der Waals surface area contributed by atoms with Crippen molar-refractivity contribution in [3.8, 4) is 0 Å². The molecule has 170 valence electrons. The third-order valence-electron chi connectivity index (χ3n) is 5.49. The molecule has 0 aliphatic heterocycles. The lowest BCUT2D eigenvalue weighted by Crippen LogP contribution is -2.19. The summed E-state index contributed by atoms with van der Waals surface area (Å²) in [5.74, 6) is -0.350. The molecule has 6 heteroatoms. The van der Waals surface area contributed by atoms with Gasteiger partial charge >= 0.3 is 0 Å². The van der Waals surface area contributed by atoms with Gasteiger partial charge in [0.2, 0.25) is 11.8 Å². The molecule has 0 radical (unpaired) electrons. The molecule has 4 aromatic carbocycles. The van der Waals surface area contributed by atoms with E-state index < -0.39 is 0 Å². The lowest BCUT2D eigenvalue weighted by molar-refractivity contribution is -0.123. The van der Waals surface area contributed by atoms with E-state index in [-0.39, 0.29) is 11.8 Å². The summed E-state index contributed by atoms with van der Waals surface area (Å²) in [5, 5.41) is 12.6. The molecular formula is C28H26N4O2. The van der Waals surface area contributed by atoms with Crippen molar-refractivity contribution in [2.75, 3.05) is 0 Å². The molecule has 0 aromatic heterocycles. The molecule has 0 saturated heterocycles. The molecular weight excluding hydrogens is 424 g/mol. The number of nitrogens with zero attached hydrogens (tertiary/aromatic N) is 2. The highest BCUT2D eigenvalue weighted by Gasteiger charge is 2.04. The fraction of sp³-hybridized carbons (Fsp3) is 0.143. The SMILES string of the molecule is O=C(CCCCC(=O)N/N=C\c1cccc2ccccc12)N/N=C\c1cccc2ccccc12. The predicted octanol–water partition coefficient (Wildman–Crippen LogP) is 5.15. The Kier molecular flexibility index (Phi) is 7.74. The molecule has 2 N–H and O–H groups in total. The van der Waals surface area contributed by atoms with Crippen molar-refractivity contribution < 1.29 is 9.59 Å². The van der Waals surface area contributed by atoms with Gasteiger partial charge in [0.15, 0.2) is 0 Å². The highest BCUT2D eigenvalue weighted by atomic mass is 16.2. The van der Waals surface area contributed by atoms with Crippen molar-refractivity contribution in [1.82, 2.24) is 10.9 Å². The van der Waals surface area contributed by atoms with Crippen LogP contribution in [0.3, 0.4) is 0 Å². The molecule has 0 aliphatic carbocycles. The number of hydrogen-bond donors (Lipinski definition) is 2. The predicted molar refractivity (Wildman–Crippen MR) is 138 cm³/mol. The summed E-state index contributed by atoms with van der Waals surface area (Å²) < 4.78 is 0. The monoisotopic (exact) mass is 450 g/mol. The van der Waals surface area contributed by atoms with Gasteiger partial charge in [0.05, 0.1) is 12.4 Å². The molecule has 6 nitrogen and oxygen atoms in total. The zero-order chi connectivity index (χ0) is 23.6. The Balaban J connectivity index is 1.16. The molecule has 4 rings (SSSR count). The fourth-order valence-electron chi connectivity index (χ4n) is 3.76. The van der Waals surface area contributed by atoms with Gasteiger partial charge in [0, 0.05) is 24.0 Å². The first kappa shape index (κ1) is 22.9. The van der Waals surface area contributed by atoms with Gasteiger partial charge in [-0.1, -0.05) is 84.9 Å². The van der Waals surface area contributed by atoms with Crippen LogP contribution in [-0.4, -0.2) is 24.2 Å². The van der Waals surface area contributed by atoms with Crippen LogP contribution in [-0.2, 0) is 9.59 Å². The summed E-state index contributed by atoms with van der Waals surface area (Å²) in [4.78, 5) is 24.1. The number of rotatable bonds is 9. The van der Waals surface area contributed by atoms with Gasteiger partial charge in [-0.3, -0.25) is 9.59 Å². The summed E-state index contributed by atoms with van der Waals surface area (Å²) in [6.07, 6.45) is 5.11. The fourth-order valence-corrected chi connectivity index (χ4v) is 3.76. The Bertz CT molecular complexity index is 1250. The van der Waals surface area contributed by atoms with E-state index in [4.69, 9.17) is 0 Å². The number of carbonyl (C=O) groups excluding carboxylic acids is 2. The Morgan fingerprint density at radius 3 is 1.47 bits per heavy atom. The Hall–Kier alpha value is -4.32. The second kappa shape index (κ2) is 11.5. The van der Waals surface area contributed by atoms with E-state index in [2.05, 4.69) is 21.1 Å². The van der Waals surface area contributed by atoms with Gasteiger partial charge < -0.3 is 0 Å². The number of benzene rings is 4. The number of carbonyl (C=O) groups is 2. The molecule has 0 bridgehead atoms. The third-order valence-corrected chi connectivity index (χ3v) is 5.49. The lowest BCUT2D eigenvalue weighted by atomic mass is 10.1. The van der Waals surface area contributed by atoms with E-state index in [1.54, 1.807) is 12.4 Å². The molecule has 4 aromatic rings. The minimum atomic E-state index is -0.175. The molecule has 34 heavy (non-hydrogen) atoms. The van der Waals surface area contributed by atoms with Gasteiger partial charge in [-0.25, -0.2) is 10.9 Å². The average Bonchev–Trinajstić information content (AvgIpc) is 2.87. The number of hydrazone groups is 2. The van der Waals surface area contributed by atoms with Crippen LogP contribution < -0.4 is 10.9 Å². The number of unbranched alkanes of at least 4 members (excludes halogenated alkanes) is 1. The van der Waals surface area contributed by atoms with Crippen LogP contribution in [0.1, 0.15) is 36.8 Å². The van der Waals surface area contributed by atoms with Gasteiger partial charge in [0.1, 0.15) is 0 Å². The molecule has 0 unspecified atom stereocenters. The highest BCUT2D eigenvalue weighted by Crippen LogP contribution is 2.17. The normalized spacial score (nSPS) is 11.4. The standard InChI is InChI=1S/C28H26N4O2/c33-27(31-29-19-23-13-7-11-21-9-1-3-15-25(21)23)17-5-6-18-28(34)32-30-20-24-14-8-12-22-10-2-4-16-26(22)24/h1-4,7-16,19-20H,5-6,17-18H2,(H,31,33)(H,32,34)/b29-19-,30-20-. The summed E-state index contributed by atoms with van der Waals surface area (Å²) in [5.41, 5.74) is 7.00. The Morgan fingerprint density at radius 1 is 0.588 bits per heavy atom. The summed E-state index contributed by atoms with van der Waals surface area (Å²) in [7, 11) is 0. The lowest BCUT2D eigenvalue weighted by Gasteiger charge is -2.03. The second-order valence-corrected chi connectivity index (χ2v) is 7.93. The first-order valence-electron chi connectivity index (χ1n) is 11.3. The summed E-state index contributed by atoms with van der Waals surface area (Å²) in [6.45, 7) is 0. The molecule has 0 fully saturated rings. The van der Waals surface area contributed by atoms with E-state index >= 15 is 0 Å². The van der Waals surface area contributed by atoms with Crippen molar-refractivity contribution >= 4 is 45.8 Å². The zero-order valence-electron chi connectivity index (χ0n) is 18.8. The first-order chi connectivity index (χ1) is 16.7. The van der Waals surface area contributed by atoms with Crippen LogP contribution in [0.4, 0.5) is 0 Å².